The summed E-state index contributed by atoms with van der Waals surface area (Å²) in [6, 6.07) is 9.25. The Bertz CT molecular complexity index is 412. The molecule has 0 spiro atoms. The van der Waals surface area contributed by atoms with Crippen molar-refractivity contribution in [3.63, 3.8) is 0 Å². The Morgan fingerprint density at radius 2 is 2.24 bits per heavy atom. The number of nitrogens with zero attached hydrogens (tertiary/aromatic N) is 1. The van der Waals surface area contributed by atoms with Crippen molar-refractivity contribution in [2.24, 2.45) is 0 Å². The van der Waals surface area contributed by atoms with Gasteiger partial charge >= 0.3 is 0 Å². The molecule has 0 radical (unpaired) electrons. The molecular formula is C13H17ClN2O. The van der Waals surface area contributed by atoms with Crippen LogP contribution in [0.1, 0.15) is 20.3 Å². The maximum absolute atomic E-state index is 9.11. The van der Waals surface area contributed by atoms with E-state index in [9.17, 15) is 0 Å². The predicted octanol–water partition coefficient (Wildman–Crippen LogP) is 3.46. The molecule has 0 fully saturated rings. The van der Waals surface area contributed by atoms with Crippen LogP contribution >= 0.6 is 11.6 Å². The second-order valence-corrected chi connectivity index (χ2v) is 4.94. The lowest BCUT2D eigenvalue weighted by atomic mass is 9.99. The van der Waals surface area contributed by atoms with Crippen LogP contribution in [-0.2, 0) is 4.74 Å². The topological polar surface area (TPSA) is 45.0 Å². The van der Waals surface area contributed by atoms with Gasteiger partial charge in [0, 0.05) is 24.2 Å². The second kappa shape index (κ2) is 5.90. The van der Waals surface area contributed by atoms with E-state index in [4.69, 9.17) is 21.6 Å². The number of nitrogens with one attached hydrogen (secondary N) is 1. The molecule has 0 aliphatic heterocycles. The molecular weight excluding hydrogens is 236 g/mol. The van der Waals surface area contributed by atoms with E-state index in [-0.39, 0.29) is 11.6 Å². The number of benzene rings is 1. The molecule has 0 aromatic heterocycles. The van der Waals surface area contributed by atoms with Crippen molar-refractivity contribution >= 4 is 17.3 Å². The van der Waals surface area contributed by atoms with Crippen LogP contribution in [0.5, 0.6) is 0 Å². The van der Waals surface area contributed by atoms with E-state index in [0.29, 0.717) is 11.4 Å². The molecule has 1 unspecified atom stereocenters. The van der Waals surface area contributed by atoms with Gasteiger partial charge < -0.3 is 10.1 Å². The van der Waals surface area contributed by atoms with Crippen LogP contribution in [0.4, 0.5) is 5.69 Å². The number of methoxy groups -OCH3 is 1. The molecule has 1 rings (SSSR count). The first kappa shape index (κ1) is 13.8. The summed E-state index contributed by atoms with van der Waals surface area (Å²) in [6.45, 7) is 3.91. The van der Waals surface area contributed by atoms with Gasteiger partial charge in [0.1, 0.15) is 6.04 Å². The number of hydrogen-bond acceptors (Lipinski definition) is 3. The summed E-state index contributed by atoms with van der Waals surface area (Å²) >= 11 is 5.88. The molecule has 0 saturated heterocycles. The smallest absolute Gasteiger partial charge is 0.117 e. The van der Waals surface area contributed by atoms with Crippen molar-refractivity contribution < 1.29 is 4.74 Å². The highest BCUT2D eigenvalue weighted by atomic mass is 35.5. The van der Waals surface area contributed by atoms with Crippen molar-refractivity contribution in [1.29, 1.82) is 5.26 Å². The summed E-state index contributed by atoms with van der Waals surface area (Å²) in [5.74, 6) is 0. The lowest BCUT2D eigenvalue weighted by Gasteiger charge is -2.26. The van der Waals surface area contributed by atoms with Crippen LogP contribution in [0.25, 0.3) is 0 Å². The Kier molecular flexibility index (Phi) is 4.80. The first-order valence-corrected chi connectivity index (χ1v) is 5.81. The quantitative estimate of drug-likeness (QED) is 0.873. The van der Waals surface area contributed by atoms with E-state index in [1.807, 2.05) is 26.0 Å². The lowest BCUT2D eigenvalue weighted by Crippen LogP contribution is -2.32. The highest BCUT2D eigenvalue weighted by molar-refractivity contribution is 6.30. The van der Waals surface area contributed by atoms with Gasteiger partial charge in [-0.3, -0.25) is 0 Å². The Hall–Kier alpha value is -1.24. The summed E-state index contributed by atoms with van der Waals surface area (Å²) in [5.41, 5.74) is 0.516. The molecule has 3 nitrogen and oxygen atoms in total. The number of rotatable bonds is 5. The van der Waals surface area contributed by atoms with Gasteiger partial charge in [-0.1, -0.05) is 17.7 Å². The van der Waals surface area contributed by atoms with Crippen molar-refractivity contribution in [1.82, 2.24) is 0 Å². The van der Waals surface area contributed by atoms with Crippen molar-refractivity contribution in [3.8, 4) is 6.07 Å². The van der Waals surface area contributed by atoms with Gasteiger partial charge in [-0.15, -0.1) is 0 Å². The van der Waals surface area contributed by atoms with E-state index < -0.39 is 0 Å². The fraction of sp³-hybridized carbons (Fsp3) is 0.462. The van der Waals surface area contributed by atoms with Gasteiger partial charge in [0.05, 0.1) is 11.7 Å². The largest absolute Gasteiger partial charge is 0.379 e. The first-order chi connectivity index (χ1) is 7.96. The van der Waals surface area contributed by atoms with Gasteiger partial charge in [0.2, 0.25) is 0 Å². The SMILES string of the molecule is COC(C)(C)CC(C#N)Nc1cccc(Cl)c1. The normalized spacial score (nSPS) is 12.9. The molecule has 0 heterocycles. The number of ether oxygens (including phenoxy) is 1. The Balaban J connectivity index is 2.68. The van der Waals surface area contributed by atoms with Gasteiger partial charge in [-0.05, 0) is 32.0 Å². The molecule has 1 N–H and O–H groups in total. The molecule has 92 valence electrons. The van der Waals surface area contributed by atoms with Crippen LogP contribution < -0.4 is 5.32 Å². The van der Waals surface area contributed by atoms with Crippen molar-refractivity contribution in [2.75, 3.05) is 12.4 Å². The van der Waals surface area contributed by atoms with Crippen molar-refractivity contribution in [3.05, 3.63) is 29.3 Å². The van der Waals surface area contributed by atoms with Gasteiger partial charge in [-0.25, -0.2) is 0 Å². The first-order valence-electron chi connectivity index (χ1n) is 5.44. The standard InChI is InChI=1S/C13H17ClN2O/c1-13(2,17-3)8-12(9-15)16-11-6-4-5-10(14)7-11/h4-7,12,16H,8H2,1-3H3. The number of nitriles is 1. The zero-order valence-electron chi connectivity index (χ0n) is 10.3. The zero-order chi connectivity index (χ0) is 12.9. The van der Waals surface area contributed by atoms with Crippen molar-refractivity contribution in [2.45, 2.75) is 31.9 Å². The highest BCUT2D eigenvalue weighted by Crippen LogP contribution is 2.20. The Morgan fingerprint density at radius 3 is 2.76 bits per heavy atom. The minimum Gasteiger partial charge on any atom is -0.379 e. The molecule has 17 heavy (non-hydrogen) atoms. The molecule has 1 atom stereocenters. The zero-order valence-corrected chi connectivity index (χ0v) is 11.1. The van der Waals surface area contributed by atoms with E-state index in [1.54, 1.807) is 19.2 Å². The summed E-state index contributed by atoms with van der Waals surface area (Å²) in [6.07, 6.45) is 0.604. The van der Waals surface area contributed by atoms with Crippen LogP contribution in [-0.4, -0.2) is 18.8 Å². The molecule has 4 heteroatoms. The fourth-order valence-corrected chi connectivity index (χ4v) is 1.67. The summed E-state index contributed by atoms with van der Waals surface area (Å²) < 4.78 is 5.31. The molecule has 0 bridgehead atoms. The van der Waals surface area contributed by atoms with E-state index in [2.05, 4.69) is 11.4 Å². The van der Waals surface area contributed by atoms with Gasteiger partial charge in [0.25, 0.3) is 0 Å². The third-order valence-electron chi connectivity index (χ3n) is 2.57. The predicted molar refractivity (Wildman–Crippen MR) is 70.2 cm³/mol. The monoisotopic (exact) mass is 252 g/mol. The summed E-state index contributed by atoms with van der Waals surface area (Å²) in [5, 5.41) is 12.9. The molecule has 0 saturated carbocycles. The minimum atomic E-state index is -0.327. The molecule has 1 aromatic rings. The summed E-state index contributed by atoms with van der Waals surface area (Å²) in [4.78, 5) is 0. The Labute approximate surface area is 107 Å². The highest BCUT2D eigenvalue weighted by Gasteiger charge is 2.22. The van der Waals surface area contributed by atoms with Crippen LogP contribution in [0.15, 0.2) is 24.3 Å². The lowest BCUT2D eigenvalue weighted by molar-refractivity contribution is 0.0148. The average molecular weight is 253 g/mol. The molecule has 0 aliphatic rings. The third kappa shape index (κ3) is 4.64. The van der Waals surface area contributed by atoms with Gasteiger partial charge in [0.15, 0.2) is 0 Å². The minimum absolute atomic E-state index is 0.302. The maximum Gasteiger partial charge on any atom is 0.117 e. The van der Waals surface area contributed by atoms with Crippen LogP contribution in [0, 0.1) is 11.3 Å². The number of halogens is 1. The van der Waals surface area contributed by atoms with Crippen LogP contribution in [0.3, 0.4) is 0 Å². The number of anilines is 1. The fourth-order valence-electron chi connectivity index (χ4n) is 1.48. The van der Waals surface area contributed by atoms with Gasteiger partial charge in [-0.2, -0.15) is 5.26 Å². The number of hydrogen-bond donors (Lipinski definition) is 1. The van der Waals surface area contributed by atoms with E-state index in [1.165, 1.54) is 0 Å². The average Bonchev–Trinajstić information content (AvgIpc) is 2.28. The second-order valence-electron chi connectivity index (χ2n) is 4.50. The molecule has 1 aromatic carbocycles. The van der Waals surface area contributed by atoms with E-state index in [0.717, 1.165) is 5.69 Å². The van der Waals surface area contributed by atoms with Crippen LogP contribution in [0.2, 0.25) is 5.02 Å². The summed E-state index contributed by atoms with van der Waals surface area (Å²) in [7, 11) is 1.65. The molecule has 0 amide bonds. The Morgan fingerprint density at radius 1 is 1.53 bits per heavy atom. The van der Waals surface area contributed by atoms with E-state index >= 15 is 0 Å². The molecule has 0 aliphatic carbocycles. The third-order valence-corrected chi connectivity index (χ3v) is 2.80. The maximum atomic E-state index is 9.11.